The molecule has 2 atom stereocenters. The maximum Gasteiger partial charge on any atom is 0.0991 e. The van der Waals surface area contributed by atoms with E-state index in [1.807, 2.05) is 31.3 Å². The van der Waals surface area contributed by atoms with Crippen LogP contribution in [0, 0.1) is 11.3 Å². The minimum absolute atomic E-state index is 0.205. The van der Waals surface area contributed by atoms with E-state index in [9.17, 15) is 5.11 Å². The van der Waals surface area contributed by atoms with Crippen molar-refractivity contribution in [2.75, 3.05) is 11.9 Å². The lowest BCUT2D eigenvalue weighted by atomic mass is 9.91. The highest BCUT2D eigenvalue weighted by atomic mass is 16.3. The molecule has 1 aliphatic carbocycles. The van der Waals surface area contributed by atoms with E-state index in [-0.39, 0.29) is 12.1 Å². The standard InChI is InChI=1S/C14H18N2O/c1-16(13-4-2-3-5-14(13)17)12-8-6-11(10-15)7-9-12/h6-9,13-14,17H,2-5H2,1H3/t13-,14-/m0/s1. The van der Waals surface area contributed by atoms with Crippen molar-refractivity contribution in [3.8, 4) is 6.07 Å². The monoisotopic (exact) mass is 230 g/mol. The number of rotatable bonds is 2. The number of likely N-dealkylation sites (N-methyl/N-ethyl adjacent to an activating group) is 1. The number of anilines is 1. The molecule has 0 spiro atoms. The molecule has 17 heavy (non-hydrogen) atoms. The zero-order chi connectivity index (χ0) is 12.3. The Morgan fingerprint density at radius 2 is 1.88 bits per heavy atom. The third kappa shape index (κ3) is 2.59. The third-order valence-corrected chi connectivity index (χ3v) is 3.60. The first-order chi connectivity index (χ1) is 8.22. The number of nitrogens with zero attached hydrogens (tertiary/aromatic N) is 2. The van der Waals surface area contributed by atoms with Gasteiger partial charge in [-0.25, -0.2) is 0 Å². The Hall–Kier alpha value is -1.53. The van der Waals surface area contributed by atoms with Crippen LogP contribution in [0.2, 0.25) is 0 Å². The topological polar surface area (TPSA) is 47.3 Å². The largest absolute Gasteiger partial charge is 0.391 e. The Morgan fingerprint density at radius 1 is 1.24 bits per heavy atom. The minimum atomic E-state index is -0.232. The average molecular weight is 230 g/mol. The van der Waals surface area contributed by atoms with Crippen LogP contribution in [0.3, 0.4) is 0 Å². The summed E-state index contributed by atoms with van der Waals surface area (Å²) >= 11 is 0. The fourth-order valence-electron chi connectivity index (χ4n) is 2.51. The van der Waals surface area contributed by atoms with Gasteiger partial charge in [-0.15, -0.1) is 0 Å². The van der Waals surface area contributed by atoms with Crippen LogP contribution in [0.25, 0.3) is 0 Å². The highest BCUT2D eigenvalue weighted by Crippen LogP contribution is 2.26. The zero-order valence-electron chi connectivity index (χ0n) is 10.1. The third-order valence-electron chi connectivity index (χ3n) is 3.60. The SMILES string of the molecule is CN(c1ccc(C#N)cc1)[C@H]1CCCC[C@@H]1O. The van der Waals surface area contributed by atoms with Crippen molar-refractivity contribution in [1.29, 1.82) is 5.26 Å². The van der Waals surface area contributed by atoms with Gasteiger partial charge >= 0.3 is 0 Å². The maximum atomic E-state index is 10.0. The molecule has 1 N–H and O–H groups in total. The predicted molar refractivity (Wildman–Crippen MR) is 67.8 cm³/mol. The van der Waals surface area contributed by atoms with Gasteiger partial charge in [0.2, 0.25) is 0 Å². The fourth-order valence-corrected chi connectivity index (χ4v) is 2.51. The average Bonchev–Trinajstić information content (AvgIpc) is 2.39. The summed E-state index contributed by atoms with van der Waals surface area (Å²) in [5.74, 6) is 0. The smallest absolute Gasteiger partial charge is 0.0991 e. The number of benzene rings is 1. The van der Waals surface area contributed by atoms with Crippen LogP contribution in [0.5, 0.6) is 0 Å². The lowest BCUT2D eigenvalue weighted by Crippen LogP contribution is -2.43. The molecule has 0 amide bonds. The molecule has 0 saturated heterocycles. The van der Waals surface area contributed by atoms with E-state index < -0.39 is 0 Å². The molecular weight excluding hydrogens is 212 g/mol. The Kier molecular flexibility index (Phi) is 3.65. The summed E-state index contributed by atoms with van der Waals surface area (Å²) in [5, 5.41) is 18.8. The molecule has 0 heterocycles. The summed E-state index contributed by atoms with van der Waals surface area (Å²) in [6.45, 7) is 0. The highest BCUT2D eigenvalue weighted by molar-refractivity contribution is 5.50. The molecule has 2 rings (SSSR count). The Labute approximate surface area is 102 Å². The van der Waals surface area contributed by atoms with Crippen molar-refractivity contribution < 1.29 is 5.11 Å². The minimum Gasteiger partial charge on any atom is -0.391 e. The second kappa shape index (κ2) is 5.20. The van der Waals surface area contributed by atoms with Crippen molar-refractivity contribution >= 4 is 5.69 Å². The van der Waals surface area contributed by atoms with Gasteiger partial charge in [0.25, 0.3) is 0 Å². The lowest BCUT2D eigenvalue weighted by molar-refractivity contribution is 0.106. The summed E-state index contributed by atoms with van der Waals surface area (Å²) in [5.41, 5.74) is 1.74. The first kappa shape index (κ1) is 11.9. The number of hydrogen-bond acceptors (Lipinski definition) is 3. The van der Waals surface area contributed by atoms with Gasteiger partial charge in [0.15, 0.2) is 0 Å². The first-order valence-electron chi connectivity index (χ1n) is 6.13. The van der Waals surface area contributed by atoms with Gasteiger partial charge in [-0.2, -0.15) is 5.26 Å². The molecule has 1 aromatic rings. The van der Waals surface area contributed by atoms with Crippen LogP contribution >= 0.6 is 0 Å². The molecule has 0 radical (unpaired) electrons. The summed E-state index contributed by atoms with van der Waals surface area (Å²) < 4.78 is 0. The van der Waals surface area contributed by atoms with Gasteiger partial charge in [-0.1, -0.05) is 12.8 Å². The fraction of sp³-hybridized carbons (Fsp3) is 0.500. The van der Waals surface area contributed by atoms with Crippen LogP contribution in [0.15, 0.2) is 24.3 Å². The second-order valence-corrected chi connectivity index (χ2v) is 4.69. The molecule has 0 unspecified atom stereocenters. The van der Waals surface area contributed by atoms with E-state index in [0.29, 0.717) is 5.56 Å². The normalized spacial score (nSPS) is 24.1. The Balaban J connectivity index is 2.12. The van der Waals surface area contributed by atoms with Crippen molar-refractivity contribution in [2.24, 2.45) is 0 Å². The Morgan fingerprint density at radius 3 is 2.47 bits per heavy atom. The van der Waals surface area contributed by atoms with Crippen LogP contribution < -0.4 is 4.90 Å². The van der Waals surface area contributed by atoms with E-state index in [0.717, 1.165) is 24.9 Å². The van der Waals surface area contributed by atoms with Crippen molar-refractivity contribution in [3.05, 3.63) is 29.8 Å². The second-order valence-electron chi connectivity index (χ2n) is 4.69. The molecule has 1 fully saturated rings. The van der Waals surface area contributed by atoms with Crippen molar-refractivity contribution in [2.45, 2.75) is 37.8 Å². The van der Waals surface area contributed by atoms with E-state index in [4.69, 9.17) is 5.26 Å². The van der Waals surface area contributed by atoms with Gasteiger partial charge < -0.3 is 10.0 Å². The Bertz CT molecular complexity index is 407. The van der Waals surface area contributed by atoms with Gasteiger partial charge in [0.05, 0.1) is 23.8 Å². The molecule has 90 valence electrons. The number of aliphatic hydroxyl groups excluding tert-OH is 1. The quantitative estimate of drug-likeness (QED) is 0.848. The molecule has 1 aliphatic rings. The first-order valence-corrected chi connectivity index (χ1v) is 6.13. The van der Waals surface area contributed by atoms with Crippen LogP contribution in [-0.2, 0) is 0 Å². The molecule has 0 bridgehead atoms. The van der Waals surface area contributed by atoms with Crippen LogP contribution in [0.4, 0.5) is 5.69 Å². The molecule has 3 nitrogen and oxygen atoms in total. The van der Waals surface area contributed by atoms with Crippen LogP contribution in [-0.4, -0.2) is 24.3 Å². The van der Waals surface area contributed by atoms with Gasteiger partial charge in [-0.3, -0.25) is 0 Å². The number of nitriles is 1. The maximum absolute atomic E-state index is 10.0. The van der Waals surface area contributed by atoms with Gasteiger partial charge in [-0.05, 0) is 37.1 Å². The summed E-state index contributed by atoms with van der Waals surface area (Å²) in [7, 11) is 2.01. The van der Waals surface area contributed by atoms with Gasteiger partial charge in [0.1, 0.15) is 0 Å². The highest BCUT2D eigenvalue weighted by Gasteiger charge is 2.26. The molecule has 0 aromatic heterocycles. The molecule has 1 saturated carbocycles. The van der Waals surface area contributed by atoms with Crippen LogP contribution in [0.1, 0.15) is 31.2 Å². The van der Waals surface area contributed by atoms with E-state index in [1.165, 1.54) is 6.42 Å². The zero-order valence-corrected chi connectivity index (χ0v) is 10.1. The van der Waals surface area contributed by atoms with Crippen molar-refractivity contribution in [3.63, 3.8) is 0 Å². The molecule has 3 heteroatoms. The number of aliphatic hydroxyl groups is 1. The lowest BCUT2D eigenvalue weighted by Gasteiger charge is -2.36. The van der Waals surface area contributed by atoms with E-state index >= 15 is 0 Å². The number of hydrogen-bond donors (Lipinski definition) is 1. The summed E-state index contributed by atoms with van der Waals surface area (Å²) in [6.07, 6.45) is 4.01. The van der Waals surface area contributed by atoms with E-state index in [1.54, 1.807) is 0 Å². The summed E-state index contributed by atoms with van der Waals surface area (Å²) in [6, 6.07) is 9.85. The van der Waals surface area contributed by atoms with E-state index in [2.05, 4.69) is 11.0 Å². The summed E-state index contributed by atoms with van der Waals surface area (Å²) in [4.78, 5) is 2.13. The molecular formula is C14H18N2O. The van der Waals surface area contributed by atoms with Crippen molar-refractivity contribution in [1.82, 2.24) is 0 Å². The van der Waals surface area contributed by atoms with Gasteiger partial charge in [0, 0.05) is 12.7 Å². The molecule has 0 aliphatic heterocycles. The predicted octanol–water partition coefficient (Wildman–Crippen LogP) is 2.30. The molecule has 1 aromatic carbocycles.